The molecule has 1 amide bonds. The van der Waals surface area contributed by atoms with E-state index >= 15 is 0 Å². The Kier molecular flexibility index (Phi) is 7.62. The van der Waals surface area contributed by atoms with E-state index in [1.807, 2.05) is 6.92 Å². The number of amides is 1. The van der Waals surface area contributed by atoms with Gasteiger partial charge in [0.25, 0.3) is 0 Å². The molecule has 1 atom stereocenters. The Labute approximate surface area is 191 Å². The number of hydrogen-bond acceptors (Lipinski definition) is 8. The van der Waals surface area contributed by atoms with Gasteiger partial charge in [-0.1, -0.05) is 30.3 Å². The van der Waals surface area contributed by atoms with Crippen LogP contribution in [-0.4, -0.2) is 39.3 Å². The van der Waals surface area contributed by atoms with Crippen LogP contribution < -0.4 is 16.0 Å². The lowest BCUT2D eigenvalue weighted by Gasteiger charge is -2.26. The lowest BCUT2D eigenvalue weighted by Crippen LogP contribution is -2.50. The Hall–Kier alpha value is -3.92. The summed E-state index contributed by atoms with van der Waals surface area (Å²) in [6.07, 6.45) is 4.92. The van der Waals surface area contributed by atoms with Gasteiger partial charge in [-0.05, 0) is 38.6 Å². The van der Waals surface area contributed by atoms with E-state index in [1.54, 1.807) is 44.3 Å². The molecule has 10 heteroatoms. The van der Waals surface area contributed by atoms with Gasteiger partial charge >= 0.3 is 0 Å². The smallest absolute Gasteiger partial charge is 0.245 e. The maximum Gasteiger partial charge on any atom is 0.245 e. The number of halogens is 1. The molecule has 2 heterocycles. The Bertz CT molecular complexity index is 1140. The number of benzene rings is 1. The van der Waals surface area contributed by atoms with Crippen LogP contribution in [0.15, 0.2) is 59.5 Å². The molecule has 3 rings (SSSR count). The van der Waals surface area contributed by atoms with E-state index in [9.17, 15) is 9.18 Å². The molecule has 9 nitrogen and oxygen atoms in total. The maximum atomic E-state index is 14.0. The molecule has 1 aromatic carbocycles. The third kappa shape index (κ3) is 5.86. The van der Waals surface area contributed by atoms with E-state index in [1.165, 1.54) is 24.6 Å². The van der Waals surface area contributed by atoms with Gasteiger partial charge in [-0.25, -0.2) is 14.4 Å². The second-order valence-electron chi connectivity index (χ2n) is 7.46. The minimum absolute atomic E-state index is 0.0306. The number of carbonyl (C=O) groups is 1. The number of nitrogens with one attached hydrogen (secondary N) is 4. The summed E-state index contributed by atoms with van der Waals surface area (Å²) in [6, 6.07) is 9.58. The maximum absolute atomic E-state index is 14.0. The number of likely N-dealkylation sites (N-methyl/N-ethyl adjacent to an activating group) is 1. The molecule has 0 aliphatic carbocycles. The van der Waals surface area contributed by atoms with Crippen LogP contribution in [0.2, 0.25) is 0 Å². The molecule has 0 radical (unpaired) electrons. The molecule has 3 aromatic rings. The highest BCUT2D eigenvalue weighted by molar-refractivity contribution is 6.08. The second-order valence-corrected chi connectivity index (χ2v) is 7.46. The average molecular weight is 452 g/mol. The normalized spacial score (nSPS) is 13.3. The summed E-state index contributed by atoms with van der Waals surface area (Å²) >= 11 is 0. The fourth-order valence-electron chi connectivity index (χ4n) is 2.87. The SMILES string of the molecule is CCC(C)(NC)C(=O)Nc1ccnc(C(=N)/C=C(\NCc2ccccc2F)c2ccon2)n1. The van der Waals surface area contributed by atoms with Crippen LogP contribution in [0.25, 0.3) is 5.70 Å². The van der Waals surface area contributed by atoms with E-state index in [-0.39, 0.29) is 35.6 Å². The van der Waals surface area contributed by atoms with Crippen molar-refractivity contribution in [3.63, 3.8) is 0 Å². The van der Waals surface area contributed by atoms with E-state index in [4.69, 9.17) is 9.93 Å². The van der Waals surface area contributed by atoms with Crippen LogP contribution in [0.5, 0.6) is 0 Å². The highest BCUT2D eigenvalue weighted by Gasteiger charge is 2.29. The van der Waals surface area contributed by atoms with Gasteiger partial charge < -0.3 is 20.5 Å². The molecule has 4 N–H and O–H groups in total. The number of allylic oxidation sites excluding steroid dienone is 1. The number of anilines is 1. The first-order valence-electron chi connectivity index (χ1n) is 10.4. The first-order valence-corrected chi connectivity index (χ1v) is 10.4. The first kappa shape index (κ1) is 23.7. The topological polar surface area (TPSA) is 129 Å². The summed E-state index contributed by atoms with van der Waals surface area (Å²) in [5.74, 6) is -0.203. The summed E-state index contributed by atoms with van der Waals surface area (Å²) in [6.45, 7) is 3.87. The van der Waals surface area contributed by atoms with Crippen molar-refractivity contribution in [2.24, 2.45) is 0 Å². The summed E-state index contributed by atoms with van der Waals surface area (Å²) in [5, 5.41) is 21.2. The Morgan fingerprint density at radius 1 is 1.27 bits per heavy atom. The van der Waals surface area contributed by atoms with Gasteiger partial charge in [0.1, 0.15) is 29.3 Å². The zero-order valence-corrected chi connectivity index (χ0v) is 18.6. The molecule has 0 fully saturated rings. The first-order chi connectivity index (χ1) is 15.9. The lowest BCUT2D eigenvalue weighted by atomic mass is 9.98. The van der Waals surface area contributed by atoms with Crippen molar-refractivity contribution in [3.8, 4) is 0 Å². The van der Waals surface area contributed by atoms with Crippen LogP contribution in [0.4, 0.5) is 10.2 Å². The molecule has 33 heavy (non-hydrogen) atoms. The fraction of sp³-hybridized carbons (Fsp3) is 0.261. The van der Waals surface area contributed by atoms with Crippen LogP contribution in [-0.2, 0) is 11.3 Å². The molecule has 0 bridgehead atoms. The van der Waals surface area contributed by atoms with Gasteiger partial charge in [0.15, 0.2) is 5.82 Å². The fourth-order valence-corrected chi connectivity index (χ4v) is 2.87. The number of aromatic nitrogens is 3. The van der Waals surface area contributed by atoms with Gasteiger partial charge in [-0.15, -0.1) is 0 Å². The summed E-state index contributed by atoms with van der Waals surface area (Å²) < 4.78 is 18.9. The highest BCUT2D eigenvalue weighted by atomic mass is 19.1. The van der Waals surface area contributed by atoms with Crippen molar-refractivity contribution in [2.45, 2.75) is 32.4 Å². The predicted molar refractivity (Wildman–Crippen MR) is 123 cm³/mol. The van der Waals surface area contributed by atoms with Crippen LogP contribution in [0.1, 0.15) is 37.4 Å². The molecule has 0 aliphatic heterocycles. The van der Waals surface area contributed by atoms with Crippen LogP contribution in [0, 0.1) is 11.2 Å². The highest BCUT2D eigenvalue weighted by Crippen LogP contribution is 2.15. The number of nitrogens with zero attached hydrogens (tertiary/aromatic N) is 3. The van der Waals surface area contributed by atoms with Gasteiger partial charge in [-0.2, -0.15) is 0 Å². The van der Waals surface area contributed by atoms with Crippen molar-refractivity contribution in [2.75, 3.05) is 12.4 Å². The summed E-state index contributed by atoms with van der Waals surface area (Å²) in [5.41, 5.74) is 0.548. The molecule has 0 saturated carbocycles. The zero-order valence-electron chi connectivity index (χ0n) is 18.6. The third-order valence-electron chi connectivity index (χ3n) is 5.33. The third-order valence-corrected chi connectivity index (χ3v) is 5.33. The Morgan fingerprint density at radius 3 is 2.73 bits per heavy atom. The van der Waals surface area contributed by atoms with E-state index < -0.39 is 5.54 Å². The zero-order chi connectivity index (χ0) is 23.8. The van der Waals surface area contributed by atoms with Crippen molar-refractivity contribution >= 4 is 23.1 Å². The molecule has 2 aromatic heterocycles. The molecule has 172 valence electrons. The van der Waals surface area contributed by atoms with Crippen molar-refractivity contribution in [3.05, 3.63) is 77.8 Å². The number of rotatable bonds is 10. The minimum Gasteiger partial charge on any atom is -0.379 e. The predicted octanol–water partition coefficient (Wildman–Crippen LogP) is 3.13. The standard InChI is InChI=1S/C23H26FN7O2/c1-4-23(2,26-3)22(32)30-20-9-11-27-21(29-20)17(25)13-19(18-10-12-33-31-18)28-14-15-7-5-6-8-16(15)24/h5-13,25-26,28H,4,14H2,1-3H3,(H,27,29,30,32)/b19-13-,25-17?. The molecule has 0 spiro atoms. The number of hydrogen-bond donors (Lipinski definition) is 4. The molecule has 1 unspecified atom stereocenters. The van der Waals surface area contributed by atoms with Gasteiger partial charge in [0, 0.05) is 24.4 Å². The summed E-state index contributed by atoms with van der Waals surface area (Å²) in [7, 11) is 1.72. The summed E-state index contributed by atoms with van der Waals surface area (Å²) in [4.78, 5) is 21.0. The van der Waals surface area contributed by atoms with Crippen molar-refractivity contribution < 1.29 is 13.7 Å². The Balaban J connectivity index is 1.81. The quantitative estimate of drug-likeness (QED) is 0.349. The van der Waals surface area contributed by atoms with Crippen molar-refractivity contribution in [1.82, 2.24) is 25.8 Å². The van der Waals surface area contributed by atoms with Gasteiger partial charge in [0.2, 0.25) is 5.91 Å². The van der Waals surface area contributed by atoms with Crippen LogP contribution in [0.3, 0.4) is 0 Å². The molecule has 0 saturated heterocycles. The average Bonchev–Trinajstić information content (AvgIpc) is 3.37. The molecular formula is C23H26FN7O2. The second kappa shape index (κ2) is 10.6. The lowest BCUT2D eigenvalue weighted by molar-refractivity contribution is -0.121. The number of carbonyl (C=O) groups excluding carboxylic acids is 1. The van der Waals surface area contributed by atoms with E-state index in [2.05, 4.69) is 31.1 Å². The van der Waals surface area contributed by atoms with Gasteiger partial charge in [0.05, 0.1) is 11.2 Å². The van der Waals surface area contributed by atoms with E-state index in [0.29, 0.717) is 23.4 Å². The monoisotopic (exact) mass is 451 g/mol. The van der Waals surface area contributed by atoms with Gasteiger partial charge in [-0.3, -0.25) is 10.2 Å². The van der Waals surface area contributed by atoms with E-state index in [0.717, 1.165) is 0 Å². The molecular weight excluding hydrogens is 425 g/mol. The van der Waals surface area contributed by atoms with Crippen LogP contribution >= 0.6 is 0 Å². The minimum atomic E-state index is -0.755. The molecule has 0 aliphatic rings. The largest absolute Gasteiger partial charge is 0.379 e. The Morgan fingerprint density at radius 2 is 2.06 bits per heavy atom. The van der Waals surface area contributed by atoms with Crippen molar-refractivity contribution in [1.29, 1.82) is 5.41 Å².